The molecule has 96 valence electrons. The summed E-state index contributed by atoms with van der Waals surface area (Å²) in [5.74, 6) is -0.154. The molecule has 1 aliphatic rings. The minimum absolute atomic E-state index is 0.0205. The van der Waals surface area contributed by atoms with E-state index in [9.17, 15) is 4.39 Å². The molecule has 1 fully saturated rings. The van der Waals surface area contributed by atoms with Gasteiger partial charge in [-0.25, -0.2) is 4.39 Å². The summed E-state index contributed by atoms with van der Waals surface area (Å²) in [5, 5.41) is 1.00. The van der Waals surface area contributed by atoms with E-state index < -0.39 is 0 Å². The Balaban J connectivity index is 2.23. The third-order valence-corrected chi connectivity index (χ3v) is 4.68. The van der Waals surface area contributed by atoms with Crippen molar-refractivity contribution in [3.05, 3.63) is 34.8 Å². The number of fused-ring (bicyclic) bond motifs is 1. The lowest BCUT2D eigenvalue weighted by Crippen LogP contribution is -2.41. The van der Waals surface area contributed by atoms with Crippen LogP contribution in [-0.4, -0.2) is 11.5 Å². The van der Waals surface area contributed by atoms with Crippen LogP contribution in [0.4, 0.5) is 4.39 Å². The first-order valence-corrected chi connectivity index (χ1v) is 6.56. The van der Waals surface area contributed by atoms with Gasteiger partial charge in [0.1, 0.15) is 5.82 Å². The monoisotopic (exact) mass is 246 g/mol. The van der Waals surface area contributed by atoms with Crippen LogP contribution >= 0.6 is 0 Å². The molecule has 0 aliphatic heterocycles. The number of rotatable bonds is 2. The highest BCUT2D eigenvalue weighted by atomic mass is 19.1. The summed E-state index contributed by atoms with van der Waals surface area (Å²) >= 11 is 0. The van der Waals surface area contributed by atoms with Gasteiger partial charge >= 0.3 is 0 Å². The van der Waals surface area contributed by atoms with Crippen LogP contribution in [0, 0.1) is 19.7 Å². The van der Waals surface area contributed by atoms with E-state index in [1.165, 1.54) is 6.42 Å². The molecule has 0 bridgehead atoms. The van der Waals surface area contributed by atoms with E-state index >= 15 is 0 Å². The van der Waals surface area contributed by atoms with E-state index in [-0.39, 0.29) is 11.2 Å². The van der Waals surface area contributed by atoms with Gasteiger partial charge in [-0.3, -0.25) is 0 Å². The molecule has 0 amide bonds. The molecule has 3 N–H and O–H groups in total. The van der Waals surface area contributed by atoms with Gasteiger partial charge in [-0.05, 0) is 49.9 Å². The molecule has 0 radical (unpaired) electrons. The van der Waals surface area contributed by atoms with Crippen molar-refractivity contribution in [3.63, 3.8) is 0 Å². The van der Waals surface area contributed by atoms with Gasteiger partial charge in [0.05, 0.1) is 5.52 Å². The Kier molecular flexibility index (Phi) is 2.49. The van der Waals surface area contributed by atoms with Crippen LogP contribution in [-0.2, 0) is 5.41 Å². The molecular weight excluding hydrogens is 227 g/mol. The fourth-order valence-corrected chi connectivity index (χ4v) is 3.03. The van der Waals surface area contributed by atoms with Crippen molar-refractivity contribution < 1.29 is 4.39 Å². The van der Waals surface area contributed by atoms with Crippen LogP contribution in [0.2, 0.25) is 0 Å². The number of H-pyrrole nitrogens is 1. The maximum atomic E-state index is 14.2. The predicted octanol–water partition coefficient (Wildman–Crippen LogP) is 3.30. The van der Waals surface area contributed by atoms with Gasteiger partial charge in [-0.15, -0.1) is 0 Å². The van der Waals surface area contributed by atoms with Crippen molar-refractivity contribution in [3.8, 4) is 0 Å². The predicted molar refractivity (Wildman–Crippen MR) is 72.3 cm³/mol. The number of nitrogens with two attached hydrogens (primary N) is 1. The highest BCUT2D eigenvalue weighted by molar-refractivity contribution is 5.85. The first kappa shape index (κ1) is 11.7. The minimum Gasteiger partial charge on any atom is -0.356 e. The Labute approximate surface area is 106 Å². The van der Waals surface area contributed by atoms with Crippen molar-refractivity contribution in [1.82, 2.24) is 4.98 Å². The first-order chi connectivity index (χ1) is 8.57. The van der Waals surface area contributed by atoms with Crippen LogP contribution in [0.3, 0.4) is 0 Å². The summed E-state index contributed by atoms with van der Waals surface area (Å²) < 4.78 is 14.2. The van der Waals surface area contributed by atoms with E-state index in [4.69, 9.17) is 5.73 Å². The molecule has 2 aromatic rings. The van der Waals surface area contributed by atoms with Gasteiger partial charge in [0, 0.05) is 23.0 Å². The van der Waals surface area contributed by atoms with Gasteiger partial charge in [0.2, 0.25) is 0 Å². The average Bonchev–Trinajstić information content (AvgIpc) is 2.57. The lowest BCUT2D eigenvalue weighted by atomic mass is 9.64. The Hall–Kier alpha value is -1.35. The second-order valence-corrected chi connectivity index (χ2v) is 5.59. The van der Waals surface area contributed by atoms with Crippen molar-refractivity contribution in [2.24, 2.45) is 5.73 Å². The van der Waals surface area contributed by atoms with E-state index in [2.05, 4.69) is 11.1 Å². The number of aromatic nitrogens is 1. The summed E-state index contributed by atoms with van der Waals surface area (Å²) in [6, 6.07) is 3.80. The Morgan fingerprint density at radius 2 is 2.06 bits per heavy atom. The van der Waals surface area contributed by atoms with E-state index in [0.717, 1.165) is 35.0 Å². The molecular formula is C15H19FN2. The zero-order valence-electron chi connectivity index (χ0n) is 10.9. The van der Waals surface area contributed by atoms with Crippen molar-refractivity contribution in [2.45, 2.75) is 38.5 Å². The van der Waals surface area contributed by atoms with Gasteiger partial charge in [-0.1, -0.05) is 6.42 Å². The molecule has 3 rings (SSSR count). The Bertz CT molecular complexity index is 603. The minimum atomic E-state index is -0.154. The molecule has 1 saturated carbocycles. The number of benzene rings is 1. The summed E-state index contributed by atoms with van der Waals surface area (Å²) in [6.07, 6.45) is 3.36. The summed E-state index contributed by atoms with van der Waals surface area (Å²) in [4.78, 5) is 3.12. The van der Waals surface area contributed by atoms with Crippen LogP contribution in [0.5, 0.6) is 0 Å². The SMILES string of the molecule is Cc1[nH]c2c(F)cc(C3(CN)CCC3)cc2c1C. The topological polar surface area (TPSA) is 41.8 Å². The normalized spacial score (nSPS) is 18.0. The van der Waals surface area contributed by atoms with Crippen molar-refractivity contribution in [2.75, 3.05) is 6.54 Å². The zero-order valence-corrected chi connectivity index (χ0v) is 10.9. The number of nitrogens with one attached hydrogen (secondary N) is 1. The Morgan fingerprint density at radius 1 is 1.33 bits per heavy atom. The molecule has 1 aromatic carbocycles. The van der Waals surface area contributed by atoms with Crippen LogP contribution in [0.15, 0.2) is 12.1 Å². The lowest BCUT2D eigenvalue weighted by molar-refractivity contribution is 0.252. The van der Waals surface area contributed by atoms with Gasteiger partial charge in [-0.2, -0.15) is 0 Å². The average molecular weight is 246 g/mol. The molecule has 2 nitrogen and oxygen atoms in total. The maximum absolute atomic E-state index is 14.2. The molecule has 1 aromatic heterocycles. The third kappa shape index (κ3) is 1.43. The van der Waals surface area contributed by atoms with Gasteiger partial charge < -0.3 is 10.7 Å². The first-order valence-electron chi connectivity index (χ1n) is 6.56. The largest absolute Gasteiger partial charge is 0.356 e. The van der Waals surface area contributed by atoms with Crippen molar-refractivity contribution in [1.29, 1.82) is 0 Å². The fourth-order valence-electron chi connectivity index (χ4n) is 3.03. The summed E-state index contributed by atoms with van der Waals surface area (Å²) in [5.41, 5.74) is 9.80. The highest BCUT2D eigenvalue weighted by Crippen LogP contribution is 2.44. The quantitative estimate of drug-likeness (QED) is 0.838. The number of hydrogen-bond donors (Lipinski definition) is 2. The molecule has 0 atom stereocenters. The number of aromatic amines is 1. The molecule has 0 saturated heterocycles. The van der Waals surface area contributed by atoms with E-state index in [0.29, 0.717) is 12.1 Å². The van der Waals surface area contributed by atoms with Gasteiger partial charge in [0.25, 0.3) is 0 Å². The number of hydrogen-bond acceptors (Lipinski definition) is 1. The smallest absolute Gasteiger partial charge is 0.147 e. The second kappa shape index (κ2) is 3.82. The number of halogens is 1. The van der Waals surface area contributed by atoms with Crippen molar-refractivity contribution >= 4 is 10.9 Å². The lowest BCUT2D eigenvalue weighted by Gasteiger charge is -2.41. The standard InChI is InChI=1S/C15H19FN2/c1-9-10(2)18-14-12(9)6-11(7-13(14)16)15(8-17)4-3-5-15/h6-7,18H,3-5,8,17H2,1-2H3. The molecule has 3 heteroatoms. The Morgan fingerprint density at radius 3 is 2.61 bits per heavy atom. The van der Waals surface area contributed by atoms with Crippen LogP contribution in [0.25, 0.3) is 10.9 Å². The molecule has 1 heterocycles. The molecule has 1 aliphatic carbocycles. The molecule has 0 spiro atoms. The number of aryl methyl sites for hydroxylation is 2. The molecule has 0 unspecified atom stereocenters. The van der Waals surface area contributed by atoms with Crippen LogP contribution in [0.1, 0.15) is 36.1 Å². The molecule has 18 heavy (non-hydrogen) atoms. The van der Waals surface area contributed by atoms with Crippen LogP contribution < -0.4 is 5.73 Å². The zero-order chi connectivity index (χ0) is 12.9. The highest BCUT2D eigenvalue weighted by Gasteiger charge is 2.38. The maximum Gasteiger partial charge on any atom is 0.147 e. The summed E-state index contributed by atoms with van der Waals surface area (Å²) in [7, 11) is 0. The summed E-state index contributed by atoms with van der Waals surface area (Å²) in [6.45, 7) is 4.63. The van der Waals surface area contributed by atoms with E-state index in [1.807, 2.05) is 13.8 Å². The third-order valence-electron chi connectivity index (χ3n) is 4.68. The second-order valence-electron chi connectivity index (χ2n) is 5.59. The van der Waals surface area contributed by atoms with E-state index in [1.54, 1.807) is 6.07 Å². The van der Waals surface area contributed by atoms with Gasteiger partial charge in [0.15, 0.2) is 0 Å². The fraction of sp³-hybridized carbons (Fsp3) is 0.467.